The summed E-state index contributed by atoms with van der Waals surface area (Å²) in [6.45, 7) is 3.81. The molecule has 0 saturated heterocycles. The molecule has 1 heterocycles. The maximum atomic E-state index is 11.5. The molecule has 5 heteroatoms. The van der Waals surface area contributed by atoms with Crippen molar-refractivity contribution in [1.82, 2.24) is 10.3 Å². The monoisotopic (exact) mass is 194 g/mol. The molecule has 1 rings (SSSR count). The summed E-state index contributed by atoms with van der Waals surface area (Å²) >= 11 is 0. The summed E-state index contributed by atoms with van der Waals surface area (Å²) in [5, 5.41) is 2.77. The van der Waals surface area contributed by atoms with Gasteiger partial charge in [0, 0.05) is 12.2 Å². The number of nitrogens with zero attached hydrogens (tertiary/aromatic N) is 1. The van der Waals surface area contributed by atoms with Gasteiger partial charge in [0.2, 0.25) is 0 Å². The lowest BCUT2D eigenvalue weighted by Gasteiger charge is -2.07. The van der Waals surface area contributed by atoms with Gasteiger partial charge in [-0.1, -0.05) is 0 Å². The Balaban J connectivity index is 2.71. The van der Waals surface area contributed by atoms with Crippen molar-refractivity contribution in [2.24, 2.45) is 5.84 Å². The van der Waals surface area contributed by atoms with E-state index < -0.39 is 0 Å². The first-order chi connectivity index (χ1) is 6.63. The molecule has 0 unspecified atom stereocenters. The van der Waals surface area contributed by atoms with E-state index in [1.807, 2.05) is 13.8 Å². The Kier molecular flexibility index (Phi) is 3.41. The van der Waals surface area contributed by atoms with E-state index in [9.17, 15) is 4.79 Å². The molecular formula is C9H14N4O. The number of amides is 1. The fourth-order valence-corrected chi connectivity index (χ4v) is 0.959. The molecular weight excluding hydrogens is 180 g/mol. The van der Waals surface area contributed by atoms with Crippen LogP contribution in [0.25, 0.3) is 0 Å². The van der Waals surface area contributed by atoms with Gasteiger partial charge in [0.25, 0.3) is 5.91 Å². The number of hydrogen-bond donors (Lipinski definition) is 3. The third-order valence-corrected chi connectivity index (χ3v) is 1.59. The molecule has 0 aliphatic rings. The van der Waals surface area contributed by atoms with Crippen LogP contribution >= 0.6 is 0 Å². The van der Waals surface area contributed by atoms with Crippen molar-refractivity contribution in [3.05, 3.63) is 23.9 Å². The number of aromatic nitrogens is 1. The zero-order valence-electron chi connectivity index (χ0n) is 8.24. The first kappa shape index (κ1) is 10.5. The van der Waals surface area contributed by atoms with Gasteiger partial charge >= 0.3 is 0 Å². The van der Waals surface area contributed by atoms with Crippen LogP contribution in [0.2, 0.25) is 0 Å². The summed E-state index contributed by atoms with van der Waals surface area (Å²) in [7, 11) is 0. The number of carbonyl (C=O) groups excluding carboxylic acids is 1. The second-order valence-electron chi connectivity index (χ2n) is 3.20. The van der Waals surface area contributed by atoms with Crippen molar-refractivity contribution < 1.29 is 4.79 Å². The van der Waals surface area contributed by atoms with Crippen LogP contribution in [-0.2, 0) is 0 Å². The highest BCUT2D eigenvalue weighted by molar-refractivity contribution is 5.94. The predicted octanol–water partition coefficient (Wildman–Crippen LogP) is 0.505. The van der Waals surface area contributed by atoms with Crippen molar-refractivity contribution in [3.8, 4) is 0 Å². The van der Waals surface area contributed by atoms with Crippen LogP contribution in [0.15, 0.2) is 18.3 Å². The number of rotatable bonds is 3. The molecule has 0 spiro atoms. The Bertz CT molecular complexity index is 307. The van der Waals surface area contributed by atoms with Gasteiger partial charge in [0.1, 0.15) is 5.82 Å². The standard InChI is InChI=1S/C9H14N4O/c1-6(2)12-9(14)7-3-4-8(13-10)11-5-7/h3-6H,10H2,1-2H3,(H,11,13)(H,12,14). The minimum Gasteiger partial charge on any atom is -0.350 e. The molecule has 0 bridgehead atoms. The van der Waals surface area contributed by atoms with Crippen LogP contribution in [0, 0.1) is 0 Å². The lowest BCUT2D eigenvalue weighted by atomic mass is 10.2. The van der Waals surface area contributed by atoms with Crippen molar-refractivity contribution in [2.75, 3.05) is 5.43 Å². The summed E-state index contributed by atoms with van der Waals surface area (Å²) in [4.78, 5) is 15.4. The Morgan fingerprint density at radius 3 is 2.64 bits per heavy atom. The van der Waals surface area contributed by atoms with E-state index in [0.29, 0.717) is 11.4 Å². The van der Waals surface area contributed by atoms with Crippen molar-refractivity contribution >= 4 is 11.7 Å². The number of pyridine rings is 1. The molecule has 5 nitrogen and oxygen atoms in total. The van der Waals surface area contributed by atoms with Gasteiger partial charge < -0.3 is 10.7 Å². The lowest BCUT2D eigenvalue weighted by molar-refractivity contribution is 0.0943. The molecule has 0 aliphatic heterocycles. The molecule has 76 valence electrons. The summed E-state index contributed by atoms with van der Waals surface area (Å²) in [5.74, 6) is 5.55. The lowest BCUT2D eigenvalue weighted by Crippen LogP contribution is -2.30. The van der Waals surface area contributed by atoms with E-state index in [0.717, 1.165) is 0 Å². The van der Waals surface area contributed by atoms with Crippen molar-refractivity contribution in [1.29, 1.82) is 0 Å². The maximum absolute atomic E-state index is 11.5. The number of nitrogen functional groups attached to an aromatic ring is 1. The Hall–Kier alpha value is -1.62. The van der Waals surface area contributed by atoms with Crippen LogP contribution in [-0.4, -0.2) is 16.9 Å². The molecule has 1 amide bonds. The first-order valence-corrected chi connectivity index (χ1v) is 4.37. The highest BCUT2D eigenvalue weighted by Gasteiger charge is 2.06. The first-order valence-electron chi connectivity index (χ1n) is 4.37. The van der Waals surface area contributed by atoms with Crippen LogP contribution in [0.5, 0.6) is 0 Å². The Labute approximate surface area is 82.7 Å². The molecule has 0 aromatic carbocycles. The topological polar surface area (TPSA) is 80.0 Å². The molecule has 0 saturated carbocycles. The molecule has 0 atom stereocenters. The van der Waals surface area contributed by atoms with E-state index in [1.165, 1.54) is 6.20 Å². The largest absolute Gasteiger partial charge is 0.350 e. The quantitative estimate of drug-likeness (QED) is 0.483. The Morgan fingerprint density at radius 1 is 1.50 bits per heavy atom. The smallest absolute Gasteiger partial charge is 0.253 e. The molecule has 4 N–H and O–H groups in total. The number of hydrogen-bond acceptors (Lipinski definition) is 4. The minimum absolute atomic E-state index is 0.120. The fraction of sp³-hybridized carbons (Fsp3) is 0.333. The van der Waals surface area contributed by atoms with Crippen LogP contribution in [0.3, 0.4) is 0 Å². The van der Waals surface area contributed by atoms with Gasteiger partial charge in [-0.05, 0) is 26.0 Å². The summed E-state index contributed by atoms with van der Waals surface area (Å²) in [6, 6.07) is 3.43. The SMILES string of the molecule is CC(C)NC(=O)c1ccc(NN)nc1. The second-order valence-corrected chi connectivity index (χ2v) is 3.20. The number of nitrogens with one attached hydrogen (secondary N) is 2. The zero-order valence-corrected chi connectivity index (χ0v) is 8.24. The second kappa shape index (κ2) is 4.57. The van der Waals surface area contributed by atoms with Gasteiger partial charge in [-0.3, -0.25) is 4.79 Å². The van der Waals surface area contributed by atoms with E-state index in [-0.39, 0.29) is 11.9 Å². The van der Waals surface area contributed by atoms with Gasteiger partial charge in [0.05, 0.1) is 5.56 Å². The predicted molar refractivity (Wildman–Crippen MR) is 54.6 cm³/mol. The summed E-state index contributed by atoms with van der Waals surface area (Å²) < 4.78 is 0. The van der Waals surface area contributed by atoms with Crippen LogP contribution in [0.4, 0.5) is 5.82 Å². The number of carbonyl (C=O) groups is 1. The van der Waals surface area contributed by atoms with Gasteiger partial charge in [-0.15, -0.1) is 0 Å². The molecule has 1 aromatic heterocycles. The molecule has 14 heavy (non-hydrogen) atoms. The Morgan fingerprint density at radius 2 is 2.21 bits per heavy atom. The van der Waals surface area contributed by atoms with Crippen molar-refractivity contribution in [3.63, 3.8) is 0 Å². The average molecular weight is 194 g/mol. The molecule has 0 aliphatic carbocycles. The van der Waals surface area contributed by atoms with Crippen LogP contribution < -0.4 is 16.6 Å². The summed E-state index contributed by atoms with van der Waals surface area (Å²) in [6.07, 6.45) is 1.48. The van der Waals surface area contributed by atoms with Gasteiger partial charge in [-0.25, -0.2) is 10.8 Å². The van der Waals surface area contributed by atoms with E-state index >= 15 is 0 Å². The molecule has 0 radical (unpaired) electrons. The van der Waals surface area contributed by atoms with E-state index in [2.05, 4.69) is 15.7 Å². The maximum Gasteiger partial charge on any atom is 0.253 e. The molecule has 0 fully saturated rings. The van der Waals surface area contributed by atoms with E-state index in [4.69, 9.17) is 5.84 Å². The third kappa shape index (κ3) is 2.70. The third-order valence-electron chi connectivity index (χ3n) is 1.59. The van der Waals surface area contributed by atoms with Crippen molar-refractivity contribution in [2.45, 2.75) is 19.9 Å². The number of hydrazine groups is 1. The summed E-state index contributed by atoms with van der Waals surface area (Å²) in [5.41, 5.74) is 2.92. The number of anilines is 1. The minimum atomic E-state index is -0.129. The van der Waals surface area contributed by atoms with E-state index in [1.54, 1.807) is 12.1 Å². The van der Waals surface area contributed by atoms with Gasteiger partial charge in [0.15, 0.2) is 0 Å². The fourth-order valence-electron chi connectivity index (χ4n) is 0.959. The van der Waals surface area contributed by atoms with Gasteiger partial charge in [-0.2, -0.15) is 0 Å². The highest BCUT2D eigenvalue weighted by Crippen LogP contribution is 2.03. The number of nitrogens with two attached hydrogens (primary N) is 1. The van der Waals surface area contributed by atoms with Crippen LogP contribution in [0.1, 0.15) is 24.2 Å². The molecule has 1 aromatic rings. The normalized spacial score (nSPS) is 10.0. The highest BCUT2D eigenvalue weighted by atomic mass is 16.1. The zero-order chi connectivity index (χ0) is 10.6. The average Bonchev–Trinajstić information content (AvgIpc) is 2.17.